The largest absolute Gasteiger partial charge is 0.444 e. The summed E-state index contributed by atoms with van der Waals surface area (Å²) in [6.45, 7) is 9.92. The van der Waals surface area contributed by atoms with E-state index in [2.05, 4.69) is 10.2 Å². The number of carbonyl (C=O) groups excluding carboxylic acids is 1. The molecule has 0 spiro atoms. The summed E-state index contributed by atoms with van der Waals surface area (Å²) in [6, 6.07) is 6.64. The van der Waals surface area contributed by atoms with Gasteiger partial charge in [-0.15, -0.1) is 0 Å². The molecule has 0 atom stereocenters. The van der Waals surface area contributed by atoms with Crippen LogP contribution in [0.2, 0.25) is 0 Å². The maximum absolute atomic E-state index is 13.3. The molecule has 1 N–H and O–H groups in total. The number of rotatable bonds is 2. The zero-order chi connectivity index (χ0) is 21.4. The van der Waals surface area contributed by atoms with Crippen molar-refractivity contribution in [3.63, 3.8) is 0 Å². The molecule has 1 amide bonds. The van der Waals surface area contributed by atoms with Crippen molar-refractivity contribution >= 4 is 12.1 Å². The van der Waals surface area contributed by atoms with Crippen LogP contribution in [0.25, 0.3) is 0 Å². The van der Waals surface area contributed by atoms with E-state index in [1.165, 1.54) is 12.1 Å². The SMILES string of the molecule is CC(C)(C)OC(=O)N1CCN(C2=NCC(C3(c4ccc(F)cc4)COC3)=CN2)CC1. The average molecular weight is 416 g/mol. The summed E-state index contributed by atoms with van der Waals surface area (Å²) in [6.07, 6.45) is 1.74. The summed E-state index contributed by atoms with van der Waals surface area (Å²) in [5.74, 6) is 0.577. The van der Waals surface area contributed by atoms with Crippen molar-refractivity contribution in [1.29, 1.82) is 0 Å². The lowest BCUT2D eigenvalue weighted by Crippen LogP contribution is -2.55. The van der Waals surface area contributed by atoms with Crippen molar-refractivity contribution in [1.82, 2.24) is 15.1 Å². The van der Waals surface area contributed by atoms with Crippen LogP contribution < -0.4 is 5.32 Å². The topological polar surface area (TPSA) is 66.4 Å². The standard InChI is InChI=1S/C22H29FN4O3/c1-21(2,3)30-20(28)27-10-8-26(9-11-27)19-24-12-17(13-25-19)22(14-29-15-22)16-4-6-18(23)7-5-16/h4-7,12H,8-11,13-15H2,1-3H3,(H,24,25). The Hall–Kier alpha value is -2.61. The summed E-state index contributed by atoms with van der Waals surface area (Å²) in [5.41, 5.74) is 1.45. The van der Waals surface area contributed by atoms with E-state index >= 15 is 0 Å². The molecule has 0 aromatic heterocycles. The molecule has 2 saturated heterocycles. The van der Waals surface area contributed by atoms with E-state index in [-0.39, 0.29) is 17.3 Å². The predicted molar refractivity (Wildman–Crippen MR) is 112 cm³/mol. The number of nitrogens with zero attached hydrogens (tertiary/aromatic N) is 3. The van der Waals surface area contributed by atoms with Gasteiger partial charge >= 0.3 is 6.09 Å². The molecule has 162 valence electrons. The van der Waals surface area contributed by atoms with Crippen LogP contribution >= 0.6 is 0 Å². The van der Waals surface area contributed by atoms with Gasteiger partial charge in [0, 0.05) is 32.4 Å². The van der Waals surface area contributed by atoms with Crippen LogP contribution in [0.5, 0.6) is 0 Å². The third-order valence-electron chi connectivity index (χ3n) is 5.71. The van der Waals surface area contributed by atoms with Crippen molar-refractivity contribution in [2.24, 2.45) is 4.99 Å². The molecule has 1 aromatic carbocycles. The predicted octanol–water partition coefficient (Wildman–Crippen LogP) is 2.49. The number of aliphatic imine (C=N–C) groups is 1. The van der Waals surface area contributed by atoms with E-state index in [0.29, 0.717) is 45.9 Å². The second kappa shape index (κ2) is 7.91. The molecule has 0 saturated carbocycles. The van der Waals surface area contributed by atoms with Crippen molar-refractivity contribution in [2.45, 2.75) is 31.8 Å². The van der Waals surface area contributed by atoms with Crippen LogP contribution in [0.3, 0.4) is 0 Å². The zero-order valence-corrected chi connectivity index (χ0v) is 17.8. The second-order valence-electron chi connectivity index (χ2n) is 8.99. The molecule has 7 nitrogen and oxygen atoms in total. The van der Waals surface area contributed by atoms with E-state index in [0.717, 1.165) is 17.1 Å². The Bertz CT molecular complexity index is 848. The summed E-state index contributed by atoms with van der Waals surface area (Å²) < 4.78 is 24.3. The molecule has 0 bridgehead atoms. The highest BCUT2D eigenvalue weighted by molar-refractivity contribution is 5.82. The number of hydrogen-bond donors (Lipinski definition) is 1. The van der Waals surface area contributed by atoms with Gasteiger partial charge in [-0.1, -0.05) is 12.1 Å². The fraction of sp³-hybridized carbons (Fsp3) is 0.545. The molecule has 3 aliphatic rings. The summed E-state index contributed by atoms with van der Waals surface area (Å²) in [4.78, 5) is 20.9. The van der Waals surface area contributed by atoms with E-state index in [4.69, 9.17) is 14.5 Å². The lowest BCUT2D eigenvalue weighted by Gasteiger charge is -2.45. The number of guanidine groups is 1. The van der Waals surface area contributed by atoms with Gasteiger partial charge in [-0.25, -0.2) is 14.2 Å². The van der Waals surface area contributed by atoms with Crippen LogP contribution in [0.4, 0.5) is 9.18 Å². The number of carbonyl (C=O) groups is 1. The first-order chi connectivity index (χ1) is 14.3. The number of halogens is 1. The highest BCUT2D eigenvalue weighted by Crippen LogP contribution is 2.40. The molecule has 8 heteroatoms. The van der Waals surface area contributed by atoms with E-state index in [1.807, 2.05) is 39.1 Å². The highest BCUT2D eigenvalue weighted by Gasteiger charge is 2.44. The summed E-state index contributed by atoms with van der Waals surface area (Å²) in [5, 5.41) is 3.33. The third kappa shape index (κ3) is 4.14. The van der Waals surface area contributed by atoms with Gasteiger partial charge in [0.1, 0.15) is 11.4 Å². The normalized spacial score (nSPS) is 21.2. The van der Waals surface area contributed by atoms with Gasteiger partial charge in [-0.05, 0) is 44.0 Å². The molecule has 2 fully saturated rings. The Morgan fingerprint density at radius 2 is 1.83 bits per heavy atom. The second-order valence-corrected chi connectivity index (χ2v) is 8.99. The minimum absolute atomic E-state index is 0.240. The van der Waals surface area contributed by atoms with Crippen LogP contribution in [-0.4, -0.2) is 73.4 Å². The quantitative estimate of drug-likeness (QED) is 0.803. The van der Waals surface area contributed by atoms with Gasteiger partial charge in [-0.3, -0.25) is 0 Å². The van der Waals surface area contributed by atoms with Gasteiger partial charge < -0.3 is 24.6 Å². The highest BCUT2D eigenvalue weighted by atomic mass is 19.1. The molecule has 0 unspecified atom stereocenters. The first-order valence-electron chi connectivity index (χ1n) is 10.3. The van der Waals surface area contributed by atoms with Crippen molar-refractivity contribution in [3.8, 4) is 0 Å². The summed E-state index contributed by atoms with van der Waals surface area (Å²) >= 11 is 0. The van der Waals surface area contributed by atoms with Crippen molar-refractivity contribution < 1.29 is 18.7 Å². The number of hydrogen-bond acceptors (Lipinski definition) is 6. The lowest BCUT2D eigenvalue weighted by atomic mass is 9.72. The number of nitrogens with one attached hydrogen (secondary N) is 1. The van der Waals surface area contributed by atoms with Crippen LogP contribution in [0.15, 0.2) is 41.0 Å². The van der Waals surface area contributed by atoms with Gasteiger partial charge in [-0.2, -0.15) is 0 Å². The molecular weight excluding hydrogens is 387 g/mol. The molecule has 0 aliphatic carbocycles. The van der Waals surface area contributed by atoms with Gasteiger partial charge in [0.25, 0.3) is 0 Å². The summed E-state index contributed by atoms with van der Waals surface area (Å²) in [7, 11) is 0. The Morgan fingerprint density at radius 1 is 1.17 bits per heavy atom. The lowest BCUT2D eigenvalue weighted by molar-refractivity contribution is -0.0409. The minimum atomic E-state index is -0.490. The smallest absolute Gasteiger partial charge is 0.410 e. The maximum atomic E-state index is 13.3. The first kappa shape index (κ1) is 20.7. The zero-order valence-electron chi connectivity index (χ0n) is 17.8. The van der Waals surface area contributed by atoms with Crippen LogP contribution in [0.1, 0.15) is 26.3 Å². The Labute approximate surface area is 176 Å². The average Bonchev–Trinajstić information content (AvgIpc) is 2.68. The molecule has 0 radical (unpaired) electrons. The van der Waals surface area contributed by atoms with Gasteiger partial charge in [0.15, 0.2) is 5.96 Å². The monoisotopic (exact) mass is 416 g/mol. The molecule has 1 aromatic rings. The van der Waals surface area contributed by atoms with E-state index < -0.39 is 5.60 Å². The number of piperazine rings is 1. The number of amides is 1. The van der Waals surface area contributed by atoms with Gasteiger partial charge in [0.05, 0.1) is 25.2 Å². The fourth-order valence-electron chi connectivity index (χ4n) is 3.92. The van der Waals surface area contributed by atoms with Crippen molar-refractivity contribution in [3.05, 3.63) is 47.4 Å². The maximum Gasteiger partial charge on any atom is 0.410 e. The molecule has 3 heterocycles. The van der Waals surface area contributed by atoms with E-state index in [9.17, 15) is 9.18 Å². The van der Waals surface area contributed by atoms with E-state index in [1.54, 1.807) is 4.90 Å². The Balaban J connectivity index is 1.35. The Morgan fingerprint density at radius 3 is 2.33 bits per heavy atom. The van der Waals surface area contributed by atoms with Crippen LogP contribution in [0, 0.1) is 5.82 Å². The molecule has 3 aliphatic heterocycles. The number of benzene rings is 1. The molecule has 30 heavy (non-hydrogen) atoms. The third-order valence-corrected chi connectivity index (χ3v) is 5.71. The van der Waals surface area contributed by atoms with Gasteiger partial charge in [0.2, 0.25) is 0 Å². The molecular formula is C22H29FN4O3. The van der Waals surface area contributed by atoms with Crippen molar-refractivity contribution in [2.75, 3.05) is 45.9 Å². The number of ether oxygens (including phenoxy) is 2. The fourth-order valence-corrected chi connectivity index (χ4v) is 3.92. The molecule has 4 rings (SSSR count). The first-order valence-corrected chi connectivity index (χ1v) is 10.3. The Kier molecular flexibility index (Phi) is 5.44. The minimum Gasteiger partial charge on any atom is -0.444 e. The van der Waals surface area contributed by atoms with Crippen LogP contribution in [-0.2, 0) is 14.9 Å².